The van der Waals surface area contributed by atoms with Crippen molar-refractivity contribution in [3.05, 3.63) is 23.8 Å². The predicted octanol–water partition coefficient (Wildman–Crippen LogP) is 1.84. The fourth-order valence-corrected chi connectivity index (χ4v) is 4.34. The molecule has 0 atom stereocenters. The van der Waals surface area contributed by atoms with Crippen molar-refractivity contribution in [3.63, 3.8) is 0 Å². The first-order valence-corrected chi connectivity index (χ1v) is 8.56. The number of methoxy groups -OCH3 is 1. The van der Waals surface area contributed by atoms with E-state index in [1.165, 1.54) is 0 Å². The van der Waals surface area contributed by atoms with Gasteiger partial charge in [0.15, 0.2) is 0 Å². The monoisotopic (exact) mass is 312 g/mol. The third-order valence-corrected chi connectivity index (χ3v) is 5.74. The van der Waals surface area contributed by atoms with E-state index < -0.39 is 10.0 Å². The quantitative estimate of drug-likeness (QED) is 0.901. The van der Waals surface area contributed by atoms with Gasteiger partial charge in [-0.2, -0.15) is 4.31 Å². The van der Waals surface area contributed by atoms with E-state index in [4.69, 9.17) is 4.74 Å². The second-order valence-corrected chi connectivity index (χ2v) is 8.19. The highest BCUT2D eigenvalue weighted by molar-refractivity contribution is 7.89. The molecule has 0 saturated carbocycles. The topological polar surface area (TPSA) is 58.6 Å². The van der Waals surface area contributed by atoms with Gasteiger partial charge in [0.2, 0.25) is 10.0 Å². The Hall–Kier alpha value is -1.11. The maximum absolute atomic E-state index is 12.7. The van der Waals surface area contributed by atoms with Crippen LogP contribution in [0.4, 0.5) is 0 Å². The standard InChI is InChI=1S/C15H24N2O3S/c1-15(2)7-8-17(11-15)21(18,19)13-5-6-14(20-4)12(9-13)10-16-3/h5-6,9,16H,7-8,10-11H2,1-4H3. The van der Waals surface area contributed by atoms with Gasteiger partial charge in [-0.05, 0) is 37.1 Å². The lowest BCUT2D eigenvalue weighted by molar-refractivity contribution is 0.375. The maximum Gasteiger partial charge on any atom is 0.243 e. The molecule has 5 nitrogen and oxygen atoms in total. The van der Waals surface area contributed by atoms with E-state index in [-0.39, 0.29) is 5.41 Å². The van der Waals surface area contributed by atoms with Crippen molar-refractivity contribution in [1.29, 1.82) is 0 Å². The zero-order valence-electron chi connectivity index (χ0n) is 13.1. The van der Waals surface area contributed by atoms with Gasteiger partial charge in [-0.1, -0.05) is 13.8 Å². The molecule has 0 spiro atoms. The van der Waals surface area contributed by atoms with Crippen molar-refractivity contribution in [2.24, 2.45) is 5.41 Å². The summed E-state index contributed by atoms with van der Waals surface area (Å²) in [5.74, 6) is 0.699. The van der Waals surface area contributed by atoms with E-state index in [1.54, 1.807) is 29.6 Å². The smallest absolute Gasteiger partial charge is 0.243 e. The summed E-state index contributed by atoms with van der Waals surface area (Å²) in [4.78, 5) is 0.339. The zero-order chi connectivity index (χ0) is 15.7. The van der Waals surface area contributed by atoms with E-state index in [1.807, 2.05) is 7.05 Å². The molecule has 0 aromatic heterocycles. The second-order valence-electron chi connectivity index (χ2n) is 6.26. The number of sulfonamides is 1. The molecule has 1 aliphatic heterocycles. The lowest BCUT2D eigenvalue weighted by atomic mass is 9.93. The third-order valence-electron chi connectivity index (χ3n) is 3.90. The SMILES string of the molecule is CNCc1cc(S(=O)(=O)N2CCC(C)(C)C2)ccc1OC. The molecule has 0 amide bonds. The van der Waals surface area contributed by atoms with Crippen LogP contribution in [0.1, 0.15) is 25.8 Å². The molecule has 1 fully saturated rings. The lowest BCUT2D eigenvalue weighted by Gasteiger charge is -2.20. The van der Waals surface area contributed by atoms with Gasteiger partial charge >= 0.3 is 0 Å². The fourth-order valence-electron chi connectivity index (χ4n) is 2.66. The van der Waals surface area contributed by atoms with E-state index in [9.17, 15) is 8.42 Å². The first kappa shape index (κ1) is 16.3. The Bertz CT molecular complexity index is 611. The van der Waals surface area contributed by atoms with Crippen molar-refractivity contribution in [2.75, 3.05) is 27.2 Å². The van der Waals surface area contributed by atoms with Crippen LogP contribution >= 0.6 is 0 Å². The van der Waals surface area contributed by atoms with E-state index in [0.29, 0.717) is 30.3 Å². The normalized spacial score (nSPS) is 18.9. The minimum atomic E-state index is -3.43. The van der Waals surface area contributed by atoms with Crippen LogP contribution in [0.5, 0.6) is 5.75 Å². The molecule has 1 aromatic carbocycles. The summed E-state index contributed by atoms with van der Waals surface area (Å²) in [5.41, 5.74) is 0.896. The Morgan fingerprint density at radius 1 is 1.38 bits per heavy atom. The number of hydrogen-bond acceptors (Lipinski definition) is 4. The Morgan fingerprint density at radius 2 is 2.10 bits per heavy atom. The molecule has 0 bridgehead atoms. The Kier molecular flexibility index (Phi) is 4.60. The first-order chi connectivity index (χ1) is 9.80. The third kappa shape index (κ3) is 3.39. The van der Waals surface area contributed by atoms with Crippen LogP contribution in [-0.2, 0) is 16.6 Å². The van der Waals surface area contributed by atoms with Crippen molar-refractivity contribution in [3.8, 4) is 5.75 Å². The molecule has 1 N–H and O–H groups in total. The van der Waals surface area contributed by atoms with Gasteiger partial charge in [0.25, 0.3) is 0 Å². The van der Waals surface area contributed by atoms with Crippen molar-refractivity contribution >= 4 is 10.0 Å². The van der Waals surface area contributed by atoms with E-state index in [0.717, 1.165) is 12.0 Å². The highest BCUT2D eigenvalue weighted by Gasteiger charge is 2.36. The molecule has 21 heavy (non-hydrogen) atoms. The average molecular weight is 312 g/mol. The minimum Gasteiger partial charge on any atom is -0.496 e. The van der Waals surface area contributed by atoms with Crippen LogP contribution in [0.25, 0.3) is 0 Å². The van der Waals surface area contributed by atoms with Crippen LogP contribution in [0, 0.1) is 5.41 Å². The molecule has 0 aliphatic carbocycles. The molecule has 2 rings (SSSR count). The van der Waals surface area contributed by atoms with Gasteiger partial charge in [-0.15, -0.1) is 0 Å². The number of ether oxygens (including phenoxy) is 1. The van der Waals surface area contributed by atoms with Crippen molar-refractivity contribution in [2.45, 2.75) is 31.7 Å². The molecular formula is C15H24N2O3S. The molecule has 1 aliphatic rings. The Morgan fingerprint density at radius 3 is 2.62 bits per heavy atom. The first-order valence-electron chi connectivity index (χ1n) is 7.12. The van der Waals surface area contributed by atoms with Gasteiger partial charge in [-0.25, -0.2) is 8.42 Å². The average Bonchev–Trinajstić information content (AvgIpc) is 2.80. The molecule has 118 valence electrons. The van der Waals surface area contributed by atoms with Gasteiger partial charge in [0.1, 0.15) is 5.75 Å². The number of hydrogen-bond donors (Lipinski definition) is 1. The van der Waals surface area contributed by atoms with Gasteiger partial charge < -0.3 is 10.1 Å². The molecule has 0 radical (unpaired) electrons. The predicted molar refractivity (Wildman–Crippen MR) is 82.9 cm³/mol. The number of rotatable bonds is 5. The summed E-state index contributed by atoms with van der Waals surface area (Å²) >= 11 is 0. The van der Waals surface area contributed by atoms with Crippen LogP contribution in [0.3, 0.4) is 0 Å². The largest absolute Gasteiger partial charge is 0.496 e. The molecular weight excluding hydrogens is 288 g/mol. The summed E-state index contributed by atoms with van der Waals surface area (Å²) in [6, 6.07) is 5.05. The van der Waals surface area contributed by atoms with Crippen molar-refractivity contribution < 1.29 is 13.2 Å². The summed E-state index contributed by atoms with van der Waals surface area (Å²) in [6.45, 7) is 5.93. The fraction of sp³-hybridized carbons (Fsp3) is 0.600. The summed E-state index contributed by atoms with van der Waals surface area (Å²) in [7, 11) is -0.0136. The van der Waals surface area contributed by atoms with Gasteiger partial charge in [-0.3, -0.25) is 0 Å². The molecule has 1 saturated heterocycles. The summed E-state index contributed by atoms with van der Waals surface area (Å²) in [5, 5.41) is 3.03. The van der Waals surface area contributed by atoms with Crippen LogP contribution in [-0.4, -0.2) is 40.0 Å². The van der Waals surface area contributed by atoms with Crippen LogP contribution in [0.2, 0.25) is 0 Å². The lowest BCUT2D eigenvalue weighted by Crippen LogP contribution is -2.30. The van der Waals surface area contributed by atoms with Gasteiger partial charge in [0, 0.05) is 25.2 Å². The summed E-state index contributed by atoms with van der Waals surface area (Å²) < 4.78 is 32.3. The molecule has 0 unspecified atom stereocenters. The highest BCUT2D eigenvalue weighted by atomic mass is 32.2. The van der Waals surface area contributed by atoms with Crippen LogP contribution in [0.15, 0.2) is 23.1 Å². The number of nitrogens with zero attached hydrogens (tertiary/aromatic N) is 1. The van der Waals surface area contributed by atoms with E-state index in [2.05, 4.69) is 19.2 Å². The zero-order valence-corrected chi connectivity index (χ0v) is 14.0. The number of benzene rings is 1. The maximum atomic E-state index is 12.7. The minimum absolute atomic E-state index is 0.0490. The van der Waals surface area contributed by atoms with Gasteiger partial charge in [0.05, 0.1) is 12.0 Å². The Balaban J connectivity index is 2.34. The second kappa shape index (κ2) is 5.94. The molecule has 6 heteroatoms. The highest BCUT2D eigenvalue weighted by Crippen LogP contribution is 2.33. The molecule has 1 aromatic rings. The Labute approximate surface area is 127 Å². The molecule has 1 heterocycles. The summed E-state index contributed by atoms with van der Waals surface area (Å²) in [6.07, 6.45) is 0.895. The number of nitrogens with one attached hydrogen (secondary N) is 1. The van der Waals surface area contributed by atoms with Crippen molar-refractivity contribution in [1.82, 2.24) is 9.62 Å². The van der Waals surface area contributed by atoms with Crippen LogP contribution < -0.4 is 10.1 Å². The van der Waals surface area contributed by atoms with E-state index >= 15 is 0 Å².